The fourth-order valence-corrected chi connectivity index (χ4v) is 1.21. The molecule has 1 amide bonds. The van der Waals surface area contributed by atoms with Gasteiger partial charge in [0.05, 0.1) is 13.5 Å². The maximum atomic E-state index is 11.5. The number of hydrogen-bond acceptors (Lipinski definition) is 3. The Balaban J connectivity index is 2.50. The molecule has 17 heavy (non-hydrogen) atoms. The van der Waals surface area contributed by atoms with Crippen molar-refractivity contribution >= 4 is 11.6 Å². The van der Waals surface area contributed by atoms with Crippen LogP contribution in [0, 0.1) is 0 Å². The van der Waals surface area contributed by atoms with Gasteiger partial charge in [-0.1, -0.05) is 19.1 Å². The Labute approximate surface area is 102 Å². The van der Waals surface area contributed by atoms with Crippen molar-refractivity contribution in [3.8, 4) is 5.75 Å². The van der Waals surface area contributed by atoms with Crippen LogP contribution in [0.5, 0.6) is 5.75 Å². The molecular formula is C13H18N2O2. The van der Waals surface area contributed by atoms with Crippen LogP contribution in [0.25, 0.3) is 0 Å². The lowest BCUT2D eigenvalue weighted by molar-refractivity contribution is -0.120. The molecule has 92 valence electrons. The Morgan fingerprint density at radius 3 is 2.53 bits per heavy atom. The van der Waals surface area contributed by atoms with Crippen molar-refractivity contribution in [2.75, 3.05) is 7.11 Å². The highest BCUT2D eigenvalue weighted by Crippen LogP contribution is 2.11. The van der Waals surface area contributed by atoms with E-state index in [1.165, 1.54) is 0 Å². The summed E-state index contributed by atoms with van der Waals surface area (Å²) in [6.07, 6.45) is 1.16. The topological polar surface area (TPSA) is 50.7 Å². The lowest BCUT2D eigenvalue weighted by Gasteiger charge is -2.03. The summed E-state index contributed by atoms with van der Waals surface area (Å²) >= 11 is 0. The molecule has 0 unspecified atom stereocenters. The minimum atomic E-state index is -0.108. The van der Waals surface area contributed by atoms with Gasteiger partial charge in [0.1, 0.15) is 5.75 Å². The first kappa shape index (κ1) is 13.2. The van der Waals surface area contributed by atoms with Crippen LogP contribution in [0.4, 0.5) is 0 Å². The Hall–Kier alpha value is -1.84. The van der Waals surface area contributed by atoms with E-state index >= 15 is 0 Å². The summed E-state index contributed by atoms with van der Waals surface area (Å²) in [6.45, 7) is 3.88. The van der Waals surface area contributed by atoms with E-state index in [0.29, 0.717) is 6.42 Å². The molecule has 0 saturated heterocycles. The molecule has 0 heterocycles. The van der Waals surface area contributed by atoms with Gasteiger partial charge in [0, 0.05) is 5.71 Å². The largest absolute Gasteiger partial charge is 0.497 e. The SMILES string of the molecule is CC/C(C)=N\NC(=O)Cc1ccc(OC)cc1. The van der Waals surface area contributed by atoms with Gasteiger partial charge in [-0.25, -0.2) is 5.43 Å². The first-order valence-corrected chi connectivity index (χ1v) is 5.60. The average molecular weight is 234 g/mol. The number of nitrogens with zero attached hydrogens (tertiary/aromatic N) is 1. The monoisotopic (exact) mass is 234 g/mol. The lowest BCUT2D eigenvalue weighted by atomic mass is 10.1. The quantitative estimate of drug-likeness (QED) is 0.627. The Morgan fingerprint density at radius 2 is 2.00 bits per heavy atom. The molecule has 0 bridgehead atoms. The van der Waals surface area contributed by atoms with Crippen molar-refractivity contribution in [3.05, 3.63) is 29.8 Å². The number of carbonyl (C=O) groups excluding carboxylic acids is 1. The number of hydrazone groups is 1. The maximum Gasteiger partial charge on any atom is 0.244 e. The predicted octanol–water partition coefficient (Wildman–Crippen LogP) is 2.14. The second-order valence-electron chi connectivity index (χ2n) is 3.76. The molecule has 4 heteroatoms. The van der Waals surface area contributed by atoms with Gasteiger partial charge in [-0.15, -0.1) is 0 Å². The van der Waals surface area contributed by atoms with Crippen LogP contribution in [0.3, 0.4) is 0 Å². The fraction of sp³-hybridized carbons (Fsp3) is 0.385. The van der Waals surface area contributed by atoms with Gasteiger partial charge in [0.25, 0.3) is 0 Å². The van der Waals surface area contributed by atoms with Crippen molar-refractivity contribution in [2.24, 2.45) is 5.10 Å². The average Bonchev–Trinajstić information content (AvgIpc) is 2.36. The lowest BCUT2D eigenvalue weighted by Crippen LogP contribution is -2.20. The molecule has 0 saturated carbocycles. The standard InChI is InChI=1S/C13H18N2O2/c1-4-10(2)14-15-13(16)9-11-5-7-12(17-3)8-6-11/h5-8H,4,9H2,1-3H3,(H,15,16)/b14-10-. The summed E-state index contributed by atoms with van der Waals surface area (Å²) in [6, 6.07) is 7.41. The zero-order chi connectivity index (χ0) is 12.7. The van der Waals surface area contributed by atoms with Crippen molar-refractivity contribution in [1.82, 2.24) is 5.43 Å². The first-order valence-electron chi connectivity index (χ1n) is 5.60. The minimum Gasteiger partial charge on any atom is -0.497 e. The third-order valence-electron chi connectivity index (χ3n) is 2.41. The summed E-state index contributed by atoms with van der Waals surface area (Å²) < 4.78 is 5.05. The summed E-state index contributed by atoms with van der Waals surface area (Å²) in [7, 11) is 1.62. The van der Waals surface area contributed by atoms with E-state index in [0.717, 1.165) is 23.4 Å². The second-order valence-corrected chi connectivity index (χ2v) is 3.76. The molecule has 0 radical (unpaired) electrons. The number of amides is 1. The molecular weight excluding hydrogens is 216 g/mol. The van der Waals surface area contributed by atoms with E-state index < -0.39 is 0 Å². The second kappa shape index (κ2) is 6.68. The van der Waals surface area contributed by atoms with Crippen LogP contribution in [0.2, 0.25) is 0 Å². The van der Waals surface area contributed by atoms with E-state index in [1.807, 2.05) is 38.1 Å². The zero-order valence-electron chi connectivity index (χ0n) is 10.5. The molecule has 0 fully saturated rings. The molecule has 0 atom stereocenters. The molecule has 0 spiro atoms. The molecule has 1 aromatic carbocycles. The van der Waals surface area contributed by atoms with Gasteiger partial charge >= 0.3 is 0 Å². The van der Waals surface area contributed by atoms with Gasteiger partial charge in [-0.05, 0) is 31.0 Å². The molecule has 0 aromatic heterocycles. The Morgan fingerprint density at radius 1 is 1.35 bits per heavy atom. The van der Waals surface area contributed by atoms with E-state index in [-0.39, 0.29) is 5.91 Å². The van der Waals surface area contributed by atoms with Crippen LogP contribution < -0.4 is 10.2 Å². The zero-order valence-corrected chi connectivity index (χ0v) is 10.5. The van der Waals surface area contributed by atoms with Crippen molar-refractivity contribution < 1.29 is 9.53 Å². The molecule has 0 aliphatic heterocycles. The number of carbonyl (C=O) groups is 1. The number of ether oxygens (including phenoxy) is 1. The number of rotatable bonds is 5. The van der Waals surface area contributed by atoms with Gasteiger partial charge < -0.3 is 4.74 Å². The smallest absolute Gasteiger partial charge is 0.244 e. The molecule has 0 aliphatic rings. The van der Waals surface area contributed by atoms with Gasteiger partial charge in [-0.3, -0.25) is 4.79 Å². The summed E-state index contributed by atoms with van der Waals surface area (Å²) in [5, 5.41) is 3.96. The maximum absolute atomic E-state index is 11.5. The highest BCUT2D eigenvalue weighted by Gasteiger charge is 2.02. The molecule has 4 nitrogen and oxygen atoms in total. The van der Waals surface area contributed by atoms with Gasteiger partial charge in [0.15, 0.2) is 0 Å². The van der Waals surface area contributed by atoms with Crippen molar-refractivity contribution in [2.45, 2.75) is 26.7 Å². The highest BCUT2D eigenvalue weighted by atomic mass is 16.5. The van der Waals surface area contributed by atoms with Gasteiger partial charge in [0.2, 0.25) is 5.91 Å². The van der Waals surface area contributed by atoms with E-state index in [4.69, 9.17) is 4.74 Å². The summed E-state index contributed by atoms with van der Waals surface area (Å²) in [5.74, 6) is 0.678. The number of nitrogens with one attached hydrogen (secondary N) is 1. The predicted molar refractivity (Wildman–Crippen MR) is 68.2 cm³/mol. The molecule has 1 rings (SSSR count). The highest BCUT2D eigenvalue weighted by molar-refractivity contribution is 5.84. The normalized spacial score (nSPS) is 11.1. The van der Waals surface area contributed by atoms with Crippen LogP contribution in [-0.4, -0.2) is 18.7 Å². The fourth-order valence-electron chi connectivity index (χ4n) is 1.21. The summed E-state index contributed by atoms with van der Waals surface area (Å²) in [4.78, 5) is 11.5. The third-order valence-corrected chi connectivity index (χ3v) is 2.41. The number of hydrogen-bond donors (Lipinski definition) is 1. The minimum absolute atomic E-state index is 0.108. The molecule has 0 aliphatic carbocycles. The van der Waals surface area contributed by atoms with Crippen LogP contribution in [0.1, 0.15) is 25.8 Å². The Kier molecular flexibility index (Phi) is 5.20. The van der Waals surface area contributed by atoms with Crippen LogP contribution in [-0.2, 0) is 11.2 Å². The van der Waals surface area contributed by atoms with E-state index in [2.05, 4.69) is 10.5 Å². The number of benzene rings is 1. The number of methoxy groups -OCH3 is 1. The van der Waals surface area contributed by atoms with E-state index in [1.54, 1.807) is 7.11 Å². The van der Waals surface area contributed by atoms with Crippen molar-refractivity contribution in [3.63, 3.8) is 0 Å². The third kappa shape index (κ3) is 4.68. The van der Waals surface area contributed by atoms with Crippen LogP contribution >= 0.6 is 0 Å². The molecule has 1 aromatic rings. The summed E-state index contributed by atoms with van der Waals surface area (Å²) in [5.41, 5.74) is 4.38. The molecule has 1 N–H and O–H groups in total. The Bertz CT molecular complexity index is 396. The van der Waals surface area contributed by atoms with Crippen LogP contribution in [0.15, 0.2) is 29.4 Å². The van der Waals surface area contributed by atoms with E-state index in [9.17, 15) is 4.79 Å². The van der Waals surface area contributed by atoms with Gasteiger partial charge in [-0.2, -0.15) is 5.10 Å². The van der Waals surface area contributed by atoms with Crippen molar-refractivity contribution in [1.29, 1.82) is 0 Å². The first-order chi connectivity index (χ1) is 8.15.